The normalized spacial score (nSPS) is 24.3. The van der Waals surface area contributed by atoms with Gasteiger partial charge in [0.25, 0.3) is 0 Å². The van der Waals surface area contributed by atoms with Gasteiger partial charge in [0.05, 0.1) is 13.2 Å². The van der Waals surface area contributed by atoms with Gasteiger partial charge in [0, 0.05) is 6.92 Å². The van der Waals surface area contributed by atoms with Gasteiger partial charge in [0.2, 0.25) is 0 Å². The van der Waals surface area contributed by atoms with Crippen molar-refractivity contribution in [2.45, 2.75) is 13.0 Å². The van der Waals surface area contributed by atoms with E-state index < -0.39 is 0 Å². The highest BCUT2D eigenvalue weighted by molar-refractivity contribution is 5.66. The van der Waals surface area contributed by atoms with Crippen LogP contribution in [0.15, 0.2) is 12.2 Å². The zero-order chi connectivity index (χ0) is 7.40. The van der Waals surface area contributed by atoms with E-state index in [1.807, 2.05) is 12.2 Å². The molecular weight excluding hydrogens is 132 g/mol. The van der Waals surface area contributed by atoms with E-state index in [1.54, 1.807) is 0 Å². The molecule has 1 heterocycles. The van der Waals surface area contributed by atoms with E-state index >= 15 is 0 Å². The largest absolute Gasteiger partial charge is 0.456 e. The molecule has 0 radical (unpaired) electrons. The Balaban J connectivity index is 2.33. The molecule has 0 saturated heterocycles. The van der Waals surface area contributed by atoms with Crippen molar-refractivity contribution in [1.82, 2.24) is 0 Å². The quantitative estimate of drug-likeness (QED) is 0.395. The maximum absolute atomic E-state index is 10.4. The van der Waals surface area contributed by atoms with Gasteiger partial charge in [0.15, 0.2) is 0 Å². The fourth-order valence-corrected chi connectivity index (χ4v) is 0.802. The van der Waals surface area contributed by atoms with Gasteiger partial charge in [0.1, 0.15) is 6.10 Å². The molecule has 3 nitrogen and oxygen atoms in total. The number of carbonyl (C=O) groups excluding carboxylic acids is 1. The third-order valence-corrected chi connectivity index (χ3v) is 1.16. The summed E-state index contributed by atoms with van der Waals surface area (Å²) in [5, 5.41) is 0. The molecule has 3 heteroatoms. The molecule has 10 heavy (non-hydrogen) atoms. The molecule has 0 spiro atoms. The van der Waals surface area contributed by atoms with Gasteiger partial charge in [-0.1, -0.05) is 6.08 Å². The first-order chi connectivity index (χ1) is 4.79. The van der Waals surface area contributed by atoms with Gasteiger partial charge in [-0.3, -0.25) is 4.79 Å². The molecule has 0 aromatic carbocycles. The van der Waals surface area contributed by atoms with Crippen molar-refractivity contribution in [2.75, 3.05) is 13.2 Å². The minimum Gasteiger partial charge on any atom is -0.456 e. The van der Waals surface area contributed by atoms with E-state index in [2.05, 4.69) is 0 Å². The fraction of sp³-hybridized carbons (Fsp3) is 0.571. The maximum atomic E-state index is 10.4. The molecule has 0 fully saturated rings. The van der Waals surface area contributed by atoms with Gasteiger partial charge in [-0.25, -0.2) is 0 Å². The number of ether oxygens (including phenoxy) is 2. The van der Waals surface area contributed by atoms with E-state index in [1.165, 1.54) is 6.92 Å². The summed E-state index contributed by atoms with van der Waals surface area (Å²) >= 11 is 0. The molecule has 1 rings (SSSR count). The number of esters is 1. The fourth-order valence-electron chi connectivity index (χ4n) is 0.802. The Morgan fingerprint density at radius 2 is 2.60 bits per heavy atom. The first kappa shape index (κ1) is 7.28. The summed E-state index contributed by atoms with van der Waals surface area (Å²) in [5.74, 6) is -0.264. The third kappa shape index (κ3) is 2.19. The average molecular weight is 142 g/mol. The van der Waals surface area contributed by atoms with Crippen LogP contribution in [0.1, 0.15) is 6.92 Å². The standard InChI is InChI=1S/C7H10O3/c1-6(8)10-7-3-2-4-9-5-7/h2-3,7H,4-5H2,1H3. The monoisotopic (exact) mass is 142 g/mol. The van der Waals surface area contributed by atoms with Crippen LogP contribution in [-0.2, 0) is 14.3 Å². The minimum absolute atomic E-state index is 0.175. The minimum atomic E-state index is -0.264. The van der Waals surface area contributed by atoms with Crippen molar-refractivity contribution in [3.8, 4) is 0 Å². The van der Waals surface area contributed by atoms with Crippen molar-refractivity contribution < 1.29 is 14.3 Å². The molecular formula is C7H10O3. The van der Waals surface area contributed by atoms with E-state index in [9.17, 15) is 4.79 Å². The lowest BCUT2D eigenvalue weighted by molar-refractivity contribution is -0.146. The summed E-state index contributed by atoms with van der Waals surface area (Å²) in [5.41, 5.74) is 0. The number of hydrogen-bond acceptors (Lipinski definition) is 3. The highest BCUT2D eigenvalue weighted by Crippen LogP contribution is 2.01. The number of hydrogen-bond donors (Lipinski definition) is 0. The average Bonchev–Trinajstić information content (AvgIpc) is 1.88. The molecule has 1 aliphatic heterocycles. The van der Waals surface area contributed by atoms with Gasteiger partial charge in [-0.2, -0.15) is 0 Å². The second-order valence-electron chi connectivity index (χ2n) is 2.11. The molecule has 0 amide bonds. The van der Waals surface area contributed by atoms with E-state index in [-0.39, 0.29) is 12.1 Å². The van der Waals surface area contributed by atoms with E-state index in [4.69, 9.17) is 9.47 Å². The zero-order valence-corrected chi connectivity index (χ0v) is 5.87. The molecule has 1 atom stereocenters. The molecule has 1 aliphatic rings. The molecule has 0 N–H and O–H groups in total. The van der Waals surface area contributed by atoms with Gasteiger partial charge in [-0.15, -0.1) is 0 Å². The van der Waals surface area contributed by atoms with Crippen molar-refractivity contribution in [3.05, 3.63) is 12.2 Å². The Morgan fingerprint density at radius 3 is 3.10 bits per heavy atom. The van der Waals surface area contributed by atoms with Crippen molar-refractivity contribution in [2.24, 2.45) is 0 Å². The molecule has 0 bridgehead atoms. The van der Waals surface area contributed by atoms with Crippen LogP contribution in [0.5, 0.6) is 0 Å². The summed E-state index contributed by atoms with van der Waals surface area (Å²) in [4.78, 5) is 10.4. The van der Waals surface area contributed by atoms with Crippen LogP contribution >= 0.6 is 0 Å². The van der Waals surface area contributed by atoms with Crippen LogP contribution in [0.4, 0.5) is 0 Å². The lowest BCUT2D eigenvalue weighted by atomic mass is 10.3. The summed E-state index contributed by atoms with van der Waals surface area (Å²) in [6, 6.07) is 0. The van der Waals surface area contributed by atoms with Crippen LogP contribution in [0.25, 0.3) is 0 Å². The summed E-state index contributed by atoms with van der Waals surface area (Å²) < 4.78 is 9.86. The Morgan fingerprint density at radius 1 is 1.80 bits per heavy atom. The van der Waals surface area contributed by atoms with Crippen molar-refractivity contribution in [3.63, 3.8) is 0 Å². The highest BCUT2D eigenvalue weighted by atomic mass is 16.6. The van der Waals surface area contributed by atoms with Crippen LogP contribution in [0.2, 0.25) is 0 Å². The smallest absolute Gasteiger partial charge is 0.303 e. The van der Waals surface area contributed by atoms with Crippen molar-refractivity contribution >= 4 is 5.97 Å². The second kappa shape index (κ2) is 3.37. The SMILES string of the molecule is CC(=O)OC1C=CCOC1. The zero-order valence-electron chi connectivity index (χ0n) is 5.87. The number of carbonyl (C=O) groups is 1. The van der Waals surface area contributed by atoms with Crippen LogP contribution in [0.3, 0.4) is 0 Å². The van der Waals surface area contributed by atoms with Gasteiger partial charge < -0.3 is 9.47 Å². The van der Waals surface area contributed by atoms with E-state index in [0.29, 0.717) is 13.2 Å². The Kier molecular flexibility index (Phi) is 2.45. The first-order valence-corrected chi connectivity index (χ1v) is 3.20. The summed E-state index contributed by atoms with van der Waals surface area (Å²) in [6.45, 7) is 2.50. The predicted molar refractivity (Wildman–Crippen MR) is 35.5 cm³/mol. The van der Waals surface area contributed by atoms with Crippen LogP contribution in [-0.4, -0.2) is 25.3 Å². The lowest BCUT2D eigenvalue weighted by Gasteiger charge is -2.15. The molecule has 0 aromatic rings. The maximum Gasteiger partial charge on any atom is 0.303 e. The highest BCUT2D eigenvalue weighted by Gasteiger charge is 2.10. The molecule has 0 aliphatic carbocycles. The Labute approximate surface area is 59.6 Å². The van der Waals surface area contributed by atoms with Crippen molar-refractivity contribution in [1.29, 1.82) is 0 Å². The predicted octanol–water partition coefficient (Wildman–Crippen LogP) is 0.504. The lowest BCUT2D eigenvalue weighted by Crippen LogP contribution is -2.23. The summed E-state index contributed by atoms with van der Waals surface area (Å²) in [6.07, 6.45) is 3.51. The van der Waals surface area contributed by atoms with E-state index in [0.717, 1.165) is 0 Å². The van der Waals surface area contributed by atoms with Gasteiger partial charge >= 0.3 is 5.97 Å². The topological polar surface area (TPSA) is 35.5 Å². The Bertz CT molecular complexity index is 151. The molecule has 0 aromatic heterocycles. The van der Waals surface area contributed by atoms with Gasteiger partial charge in [-0.05, 0) is 6.08 Å². The van der Waals surface area contributed by atoms with Crippen LogP contribution in [0, 0.1) is 0 Å². The third-order valence-electron chi connectivity index (χ3n) is 1.16. The molecule has 56 valence electrons. The molecule has 1 unspecified atom stereocenters. The first-order valence-electron chi connectivity index (χ1n) is 3.20. The molecule has 0 saturated carbocycles. The summed E-state index contributed by atoms with van der Waals surface area (Å²) in [7, 11) is 0. The Hall–Kier alpha value is -0.830. The number of rotatable bonds is 1. The van der Waals surface area contributed by atoms with Crippen LogP contribution < -0.4 is 0 Å². The second-order valence-corrected chi connectivity index (χ2v) is 2.11.